The number of likely N-dealkylation sites (tertiary alicyclic amines) is 1. The van der Waals surface area contributed by atoms with E-state index in [-0.39, 0.29) is 6.10 Å². The van der Waals surface area contributed by atoms with Gasteiger partial charge in [0, 0.05) is 37.2 Å². The van der Waals surface area contributed by atoms with Crippen molar-refractivity contribution in [3.8, 4) is 17.0 Å². The van der Waals surface area contributed by atoms with Gasteiger partial charge in [0.2, 0.25) is 5.88 Å². The molecular formula is C23H30N4O3S. The number of hydrogen-bond acceptors (Lipinski definition) is 5. The highest BCUT2D eigenvalue weighted by atomic mass is 32.2. The van der Waals surface area contributed by atoms with Crippen molar-refractivity contribution in [2.75, 3.05) is 31.7 Å². The Hall–Kier alpha value is -2.45. The summed E-state index contributed by atoms with van der Waals surface area (Å²) in [7, 11) is 0.699. The molecule has 1 aromatic carbocycles. The zero-order valence-corrected chi connectivity index (χ0v) is 19.2. The quantitative estimate of drug-likeness (QED) is 0.741. The molecule has 1 unspecified atom stereocenters. The van der Waals surface area contributed by atoms with Gasteiger partial charge in [-0.3, -0.25) is 4.72 Å². The first kappa shape index (κ1) is 21.8. The number of pyridine rings is 1. The van der Waals surface area contributed by atoms with Crippen molar-refractivity contribution in [1.82, 2.24) is 14.6 Å². The Balaban J connectivity index is 1.67. The number of anilines is 1. The molecule has 0 spiro atoms. The molecule has 166 valence electrons. The van der Waals surface area contributed by atoms with Gasteiger partial charge in [0.05, 0.1) is 5.69 Å². The van der Waals surface area contributed by atoms with Gasteiger partial charge >= 0.3 is 6.03 Å². The first-order valence-electron chi connectivity index (χ1n) is 10.8. The smallest absolute Gasteiger partial charge is 0.331 e. The van der Waals surface area contributed by atoms with Gasteiger partial charge in [-0.1, -0.05) is 6.07 Å². The molecule has 0 radical (unpaired) electrons. The maximum Gasteiger partial charge on any atom is 0.331 e. The number of aromatic nitrogens is 1. The minimum Gasteiger partial charge on any atom is -0.474 e. The van der Waals surface area contributed by atoms with E-state index in [1.165, 1.54) is 11.8 Å². The van der Waals surface area contributed by atoms with Gasteiger partial charge in [0.25, 0.3) is 0 Å². The molecule has 1 atom stereocenters. The van der Waals surface area contributed by atoms with Gasteiger partial charge < -0.3 is 15.0 Å². The number of amides is 2. The lowest BCUT2D eigenvalue weighted by atomic mass is 9.93. The number of carbonyl (C=O) groups is 1. The number of piperidine rings is 1. The molecule has 1 saturated heterocycles. The van der Waals surface area contributed by atoms with Gasteiger partial charge in [0.1, 0.15) is 17.1 Å². The predicted octanol–water partition coefficient (Wildman–Crippen LogP) is 3.43. The van der Waals surface area contributed by atoms with Crippen molar-refractivity contribution in [1.29, 1.82) is 0 Å². The number of nitrogens with one attached hydrogen (secondary N) is 2. The fraction of sp³-hybridized carbons (Fsp3) is 0.478. The molecule has 1 aliphatic carbocycles. The Kier molecular flexibility index (Phi) is 6.57. The van der Waals surface area contributed by atoms with Gasteiger partial charge in [0.15, 0.2) is 0 Å². The summed E-state index contributed by atoms with van der Waals surface area (Å²) in [6.45, 7) is 4.11. The van der Waals surface area contributed by atoms with E-state index in [1.807, 2.05) is 12.1 Å². The standard InChI is InChI=1S/C23H30N4O3S/c1-15-13-16-5-4-6-19(16)22(25-23(28)26-31(3)29)21(15)17-7-10-24-20(14-17)30-18-8-11-27(2)12-9-18/h7,10,13-14,18H,4-6,8-9,11-12H2,1-3H3,(H2,25,26,28). The summed E-state index contributed by atoms with van der Waals surface area (Å²) in [6.07, 6.45) is 8.33. The van der Waals surface area contributed by atoms with Crippen molar-refractivity contribution in [2.24, 2.45) is 0 Å². The van der Waals surface area contributed by atoms with Crippen LogP contribution in [0.3, 0.4) is 0 Å². The molecule has 8 heteroatoms. The van der Waals surface area contributed by atoms with Crippen molar-refractivity contribution in [3.63, 3.8) is 0 Å². The van der Waals surface area contributed by atoms with Gasteiger partial charge in [-0.15, -0.1) is 0 Å². The average Bonchev–Trinajstić information content (AvgIpc) is 3.18. The summed E-state index contributed by atoms with van der Waals surface area (Å²) in [5, 5.41) is 2.98. The van der Waals surface area contributed by atoms with Gasteiger partial charge in [-0.05, 0) is 74.4 Å². The summed E-state index contributed by atoms with van der Waals surface area (Å²) < 4.78 is 20.1. The SMILES string of the molecule is Cc1cc2c(c(NC(=O)NS(C)=O)c1-c1ccnc(OC3CCN(C)CC3)c1)CCC2. The number of benzene rings is 1. The molecule has 2 N–H and O–H groups in total. The Morgan fingerprint density at radius 1 is 1.26 bits per heavy atom. The molecule has 2 heterocycles. The maximum absolute atomic E-state index is 12.4. The zero-order chi connectivity index (χ0) is 22.0. The van der Waals surface area contributed by atoms with Crippen LogP contribution in [0.5, 0.6) is 5.88 Å². The number of hydrogen-bond donors (Lipinski definition) is 2. The van der Waals surface area contributed by atoms with Gasteiger partial charge in [-0.2, -0.15) is 0 Å². The van der Waals surface area contributed by atoms with Crippen molar-refractivity contribution >= 4 is 22.7 Å². The highest BCUT2D eigenvalue weighted by Gasteiger charge is 2.24. The monoisotopic (exact) mass is 442 g/mol. The Bertz CT molecular complexity index is 1000. The van der Waals surface area contributed by atoms with E-state index >= 15 is 0 Å². The molecule has 1 aliphatic heterocycles. The number of aryl methyl sites for hydroxylation is 2. The van der Waals surface area contributed by atoms with Crippen molar-refractivity contribution in [2.45, 2.75) is 45.1 Å². The number of carbonyl (C=O) groups excluding carboxylic acids is 1. The first-order chi connectivity index (χ1) is 14.9. The minimum absolute atomic E-state index is 0.169. The van der Waals surface area contributed by atoms with Crippen LogP contribution in [0.15, 0.2) is 24.4 Å². The average molecular weight is 443 g/mol. The maximum atomic E-state index is 12.4. The molecule has 2 amide bonds. The number of fused-ring (bicyclic) bond motifs is 1. The Morgan fingerprint density at radius 2 is 2.03 bits per heavy atom. The predicted molar refractivity (Wildman–Crippen MR) is 124 cm³/mol. The van der Waals surface area contributed by atoms with Crippen LogP contribution in [0.25, 0.3) is 11.1 Å². The molecule has 0 saturated carbocycles. The van der Waals surface area contributed by atoms with E-state index in [0.717, 1.165) is 73.1 Å². The minimum atomic E-state index is -1.43. The van der Waals surface area contributed by atoms with E-state index in [9.17, 15) is 9.00 Å². The Labute approximate surface area is 186 Å². The third kappa shape index (κ3) is 5.07. The van der Waals surface area contributed by atoms with Crippen LogP contribution >= 0.6 is 0 Å². The summed E-state index contributed by atoms with van der Waals surface area (Å²) in [5.74, 6) is 0.608. The molecule has 2 aliphatic rings. The largest absolute Gasteiger partial charge is 0.474 e. The van der Waals surface area contributed by atoms with E-state index in [0.29, 0.717) is 5.88 Å². The molecule has 2 aromatic rings. The van der Waals surface area contributed by atoms with Crippen molar-refractivity contribution < 1.29 is 13.7 Å². The molecular weight excluding hydrogens is 412 g/mol. The topological polar surface area (TPSA) is 83.6 Å². The highest BCUT2D eigenvalue weighted by molar-refractivity contribution is 7.82. The van der Waals surface area contributed by atoms with Crippen LogP contribution in [0.2, 0.25) is 0 Å². The molecule has 1 fully saturated rings. The molecule has 31 heavy (non-hydrogen) atoms. The normalized spacial score (nSPS) is 17.8. The second-order valence-corrected chi connectivity index (χ2v) is 9.56. The van der Waals surface area contributed by atoms with Crippen LogP contribution in [0.1, 0.15) is 36.0 Å². The summed E-state index contributed by atoms with van der Waals surface area (Å²) in [4.78, 5) is 19.2. The molecule has 4 rings (SSSR count). The molecule has 7 nitrogen and oxygen atoms in total. The first-order valence-corrected chi connectivity index (χ1v) is 12.3. The van der Waals surface area contributed by atoms with Crippen LogP contribution in [-0.4, -0.2) is 52.6 Å². The van der Waals surface area contributed by atoms with Gasteiger partial charge in [-0.25, -0.2) is 14.0 Å². The highest BCUT2D eigenvalue weighted by Crippen LogP contribution is 2.40. The number of rotatable bonds is 5. The van der Waals surface area contributed by atoms with Crippen LogP contribution in [-0.2, 0) is 23.8 Å². The lowest BCUT2D eigenvalue weighted by Crippen LogP contribution is -2.35. The van der Waals surface area contributed by atoms with E-state index in [4.69, 9.17) is 4.74 Å². The van der Waals surface area contributed by atoms with E-state index in [2.05, 4.69) is 40.0 Å². The number of ether oxygens (including phenoxy) is 1. The lowest BCUT2D eigenvalue weighted by Gasteiger charge is -2.29. The number of nitrogens with zero attached hydrogens (tertiary/aromatic N) is 2. The fourth-order valence-electron chi connectivity index (χ4n) is 4.58. The summed E-state index contributed by atoms with van der Waals surface area (Å²) >= 11 is 0. The number of urea groups is 1. The second-order valence-electron chi connectivity index (χ2n) is 8.45. The van der Waals surface area contributed by atoms with Crippen LogP contribution in [0.4, 0.5) is 10.5 Å². The van der Waals surface area contributed by atoms with Crippen molar-refractivity contribution in [3.05, 3.63) is 41.1 Å². The molecule has 1 aromatic heterocycles. The summed E-state index contributed by atoms with van der Waals surface area (Å²) in [6, 6.07) is 5.67. The Morgan fingerprint density at radius 3 is 2.77 bits per heavy atom. The third-order valence-electron chi connectivity index (χ3n) is 6.05. The molecule has 0 bridgehead atoms. The van der Waals surface area contributed by atoms with E-state index in [1.54, 1.807) is 6.20 Å². The lowest BCUT2D eigenvalue weighted by molar-refractivity contribution is 0.110. The third-order valence-corrected chi connectivity index (χ3v) is 6.52. The zero-order valence-electron chi connectivity index (χ0n) is 18.4. The van der Waals surface area contributed by atoms with Crippen LogP contribution in [0, 0.1) is 6.92 Å². The fourth-order valence-corrected chi connectivity index (χ4v) is 4.89. The second kappa shape index (κ2) is 9.36. The summed E-state index contributed by atoms with van der Waals surface area (Å²) in [5.41, 5.74) is 6.24. The van der Waals surface area contributed by atoms with E-state index < -0.39 is 17.0 Å². The van der Waals surface area contributed by atoms with Crippen LogP contribution < -0.4 is 14.8 Å².